The normalized spacial score (nSPS) is 11.4. The molecule has 0 amide bonds. The van der Waals surface area contributed by atoms with Crippen LogP contribution in [0.3, 0.4) is 0 Å². The van der Waals surface area contributed by atoms with Crippen molar-refractivity contribution in [1.82, 2.24) is 0 Å². The van der Waals surface area contributed by atoms with Gasteiger partial charge in [0.1, 0.15) is 0 Å². The lowest BCUT2D eigenvalue weighted by atomic mass is 9.96. The summed E-state index contributed by atoms with van der Waals surface area (Å²) in [6.45, 7) is 0. The van der Waals surface area contributed by atoms with E-state index in [2.05, 4.69) is 0 Å². The number of carboxylic acids is 9. The third-order valence-electron chi connectivity index (χ3n) is 3.01. The van der Waals surface area contributed by atoms with Crippen LogP contribution in [-0.4, -0.2) is 133 Å². The van der Waals surface area contributed by atoms with Gasteiger partial charge in [-0.2, -0.15) is 0 Å². The molecule has 12 N–H and O–H groups in total. The van der Waals surface area contributed by atoms with Gasteiger partial charge >= 0.3 is 53.7 Å². The third-order valence-corrected chi connectivity index (χ3v) is 3.01. The molecule has 0 aromatic carbocycles. The van der Waals surface area contributed by atoms with E-state index < -0.39 is 84.4 Å². The summed E-state index contributed by atoms with van der Waals surface area (Å²) in [5.74, 6) is -13.2. The number of carbonyl (C=O) groups is 9. The van der Waals surface area contributed by atoms with Gasteiger partial charge in [-0.1, -0.05) is 0 Å². The standard InChI is InChI=1S/C6H8O7.C4H6O6.C4H6O4.C4H4O4/c7-3(8)1-6(13,5(11)12)2-4(9)10;5-1(3(7)8)2(6)4(9)10;2*5-3(6)1-2-4(7)8/h13H,1-2H2,(H,7,8)(H,9,10)(H,11,12);1-2,5-6H,(H,7,8)(H,9,10);1-2H2,(H,5,6)(H,7,8);1-2H,(H,5,6)(H,7,8)/b;;;2-1+. The van der Waals surface area contributed by atoms with E-state index in [4.69, 9.17) is 61.3 Å². The Morgan fingerprint density at radius 2 is 0.769 bits per heavy atom. The van der Waals surface area contributed by atoms with E-state index in [1.165, 1.54) is 0 Å². The molecule has 39 heavy (non-hydrogen) atoms. The van der Waals surface area contributed by atoms with Crippen molar-refractivity contribution in [2.75, 3.05) is 0 Å². The molecular formula is C18H24O21. The Balaban J connectivity index is -0.000000214. The molecule has 0 aliphatic rings. The van der Waals surface area contributed by atoms with Gasteiger partial charge in [-0.15, -0.1) is 0 Å². The molecule has 222 valence electrons. The molecule has 0 aromatic heterocycles. The van der Waals surface area contributed by atoms with Gasteiger partial charge in [0, 0.05) is 12.2 Å². The molecule has 0 fully saturated rings. The van der Waals surface area contributed by atoms with Gasteiger partial charge in [0.05, 0.1) is 25.7 Å². The molecule has 21 heteroatoms. The second kappa shape index (κ2) is 21.0. The van der Waals surface area contributed by atoms with Gasteiger partial charge in [-0.05, 0) is 0 Å². The summed E-state index contributed by atoms with van der Waals surface area (Å²) in [6, 6.07) is 0. The Bertz CT molecular complexity index is 867. The second-order valence-electron chi connectivity index (χ2n) is 6.34. The maximum Gasteiger partial charge on any atom is 0.336 e. The molecule has 0 spiro atoms. The lowest BCUT2D eigenvalue weighted by Crippen LogP contribution is -2.42. The summed E-state index contributed by atoms with van der Waals surface area (Å²) in [5, 5.41) is 97.8. The van der Waals surface area contributed by atoms with Crippen molar-refractivity contribution in [2.45, 2.75) is 43.5 Å². The minimum atomic E-state index is -2.74. The van der Waals surface area contributed by atoms with Crippen LogP contribution < -0.4 is 0 Å². The van der Waals surface area contributed by atoms with Crippen LogP contribution in [0.15, 0.2) is 12.2 Å². The maximum atomic E-state index is 10.3. The van der Waals surface area contributed by atoms with Gasteiger partial charge in [-0.25, -0.2) is 24.0 Å². The minimum Gasteiger partial charge on any atom is -0.481 e. The van der Waals surface area contributed by atoms with Crippen molar-refractivity contribution in [3.63, 3.8) is 0 Å². The van der Waals surface area contributed by atoms with Crippen LogP contribution in [0, 0.1) is 0 Å². The fourth-order valence-electron chi connectivity index (χ4n) is 1.34. The number of aliphatic carboxylic acids is 9. The fraction of sp³-hybridized carbons (Fsp3) is 0.389. The van der Waals surface area contributed by atoms with Crippen molar-refractivity contribution >= 4 is 53.7 Å². The largest absolute Gasteiger partial charge is 0.481 e. The maximum absolute atomic E-state index is 10.3. The van der Waals surface area contributed by atoms with E-state index in [1.54, 1.807) is 0 Å². The van der Waals surface area contributed by atoms with Gasteiger partial charge in [0.2, 0.25) is 0 Å². The van der Waals surface area contributed by atoms with Gasteiger partial charge in [-0.3, -0.25) is 19.2 Å². The van der Waals surface area contributed by atoms with Gasteiger partial charge < -0.3 is 61.3 Å². The smallest absolute Gasteiger partial charge is 0.336 e. The monoisotopic (exact) mass is 576 g/mol. The van der Waals surface area contributed by atoms with Crippen LogP contribution in [0.1, 0.15) is 25.7 Å². The van der Waals surface area contributed by atoms with Gasteiger partial charge in [0.15, 0.2) is 17.8 Å². The summed E-state index contributed by atoms with van der Waals surface area (Å²) < 4.78 is 0. The topological polar surface area (TPSA) is 396 Å². The Kier molecular flexibility index (Phi) is 22.1. The molecule has 0 radical (unpaired) electrons. The van der Waals surface area contributed by atoms with E-state index in [-0.39, 0.29) is 12.8 Å². The summed E-state index contributed by atoms with van der Waals surface area (Å²) in [6.07, 6.45) is -6.30. The van der Waals surface area contributed by atoms with E-state index in [0.717, 1.165) is 0 Å². The first-order valence-electron chi connectivity index (χ1n) is 9.28. The summed E-state index contributed by atoms with van der Waals surface area (Å²) >= 11 is 0. The van der Waals surface area contributed by atoms with Crippen molar-refractivity contribution in [2.24, 2.45) is 0 Å². The molecular weight excluding hydrogens is 552 g/mol. The molecule has 0 aliphatic heterocycles. The molecule has 2 atom stereocenters. The van der Waals surface area contributed by atoms with E-state index in [9.17, 15) is 43.2 Å². The highest BCUT2D eigenvalue weighted by atomic mass is 16.4. The minimum absolute atomic E-state index is 0.296. The molecule has 0 heterocycles. The Hall–Kier alpha value is -5.15. The molecule has 0 aromatic rings. The number of rotatable bonds is 13. The average molecular weight is 576 g/mol. The fourth-order valence-corrected chi connectivity index (χ4v) is 1.34. The van der Waals surface area contributed by atoms with E-state index in [0.29, 0.717) is 12.2 Å². The van der Waals surface area contributed by atoms with Crippen LogP contribution in [-0.2, 0) is 43.2 Å². The van der Waals surface area contributed by atoms with Crippen molar-refractivity contribution in [1.29, 1.82) is 0 Å². The number of aliphatic hydroxyl groups is 3. The van der Waals surface area contributed by atoms with Crippen molar-refractivity contribution in [3.05, 3.63) is 12.2 Å². The van der Waals surface area contributed by atoms with Crippen LogP contribution >= 0.6 is 0 Å². The highest BCUT2D eigenvalue weighted by molar-refractivity contribution is 5.89. The average Bonchev–Trinajstić information content (AvgIpc) is 2.75. The SMILES string of the molecule is O=C(O)/C=C/C(=O)O.O=C(O)C(O)C(O)C(=O)O.O=C(O)CC(O)(CC(=O)O)C(=O)O.O=C(O)CCC(=O)O. The highest BCUT2D eigenvalue weighted by Gasteiger charge is 2.40. The lowest BCUT2D eigenvalue weighted by molar-refractivity contribution is -0.170. The Morgan fingerprint density at radius 1 is 0.513 bits per heavy atom. The first kappa shape index (κ1) is 41.0. The number of aliphatic hydroxyl groups excluding tert-OH is 2. The number of hydrogen-bond donors (Lipinski definition) is 12. The summed E-state index contributed by atoms with van der Waals surface area (Å²) in [7, 11) is 0. The zero-order valence-corrected chi connectivity index (χ0v) is 19.2. The quantitative estimate of drug-likeness (QED) is 0.0937. The number of hydrogen-bond acceptors (Lipinski definition) is 12. The van der Waals surface area contributed by atoms with Crippen LogP contribution in [0.25, 0.3) is 0 Å². The Morgan fingerprint density at radius 3 is 0.897 bits per heavy atom. The van der Waals surface area contributed by atoms with E-state index in [1.807, 2.05) is 0 Å². The molecule has 0 saturated heterocycles. The van der Waals surface area contributed by atoms with Crippen LogP contribution in [0.2, 0.25) is 0 Å². The molecule has 0 rings (SSSR count). The summed E-state index contributed by atoms with van der Waals surface area (Å²) in [5.41, 5.74) is -2.74. The van der Waals surface area contributed by atoms with Gasteiger partial charge in [0.25, 0.3) is 0 Å². The predicted molar refractivity (Wildman–Crippen MR) is 113 cm³/mol. The molecule has 0 bridgehead atoms. The molecule has 2 unspecified atom stereocenters. The summed E-state index contributed by atoms with van der Waals surface area (Å²) in [4.78, 5) is 88.4. The highest BCUT2D eigenvalue weighted by Crippen LogP contribution is 2.15. The second-order valence-corrected chi connectivity index (χ2v) is 6.34. The zero-order chi connectivity index (χ0) is 32.1. The third kappa shape index (κ3) is 29.0. The molecule has 0 saturated carbocycles. The number of carboxylic acid groups (broad SMARTS) is 9. The first-order valence-corrected chi connectivity index (χ1v) is 9.28. The van der Waals surface area contributed by atoms with Crippen LogP contribution in [0.5, 0.6) is 0 Å². The zero-order valence-electron chi connectivity index (χ0n) is 19.2. The first-order chi connectivity index (χ1) is 17.5. The van der Waals surface area contributed by atoms with E-state index >= 15 is 0 Å². The van der Waals surface area contributed by atoms with Crippen LogP contribution in [0.4, 0.5) is 0 Å². The Labute approximate surface area is 214 Å². The molecule has 21 nitrogen and oxygen atoms in total. The molecule has 0 aliphatic carbocycles. The lowest BCUT2D eigenvalue weighted by Gasteiger charge is -2.18. The van der Waals surface area contributed by atoms with Crippen molar-refractivity contribution in [3.8, 4) is 0 Å². The van der Waals surface area contributed by atoms with Crippen molar-refractivity contribution < 1.29 is 104 Å². The predicted octanol–water partition coefficient (Wildman–Crippen LogP) is -3.72.